The molecule has 0 radical (unpaired) electrons. The molecule has 0 bridgehead atoms. The van der Waals surface area contributed by atoms with Gasteiger partial charge < -0.3 is 0 Å². The van der Waals surface area contributed by atoms with Crippen LogP contribution in [0.3, 0.4) is 0 Å². The average molecular weight is 378 g/mol. The lowest BCUT2D eigenvalue weighted by atomic mass is 10.2. The largest absolute Gasteiger partial charge is 0.269 e. The SMILES string of the molecule is O=S(=O)(c1ccccc1)n1c(/C=C/c2ccccc2)nc2cc(F)ccc21. The lowest BCUT2D eigenvalue weighted by Gasteiger charge is -2.09. The molecule has 4 nitrogen and oxygen atoms in total. The maximum Gasteiger partial charge on any atom is 0.269 e. The molecule has 0 atom stereocenters. The third kappa shape index (κ3) is 3.27. The highest BCUT2D eigenvalue weighted by molar-refractivity contribution is 7.90. The molecule has 4 rings (SSSR count). The van der Waals surface area contributed by atoms with E-state index in [1.54, 1.807) is 30.4 Å². The zero-order chi connectivity index (χ0) is 18.9. The quantitative estimate of drug-likeness (QED) is 0.522. The van der Waals surface area contributed by atoms with Gasteiger partial charge in [0, 0.05) is 6.07 Å². The molecule has 0 unspecified atom stereocenters. The van der Waals surface area contributed by atoms with Gasteiger partial charge in [-0.05, 0) is 35.9 Å². The van der Waals surface area contributed by atoms with Gasteiger partial charge in [-0.25, -0.2) is 21.8 Å². The van der Waals surface area contributed by atoms with Crippen LogP contribution in [0.2, 0.25) is 0 Å². The average Bonchev–Trinajstić information content (AvgIpc) is 3.06. The third-order valence-electron chi connectivity index (χ3n) is 4.11. The summed E-state index contributed by atoms with van der Waals surface area (Å²) < 4.78 is 41.2. The van der Waals surface area contributed by atoms with E-state index in [0.29, 0.717) is 5.52 Å². The Morgan fingerprint density at radius 2 is 1.52 bits per heavy atom. The van der Waals surface area contributed by atoms with Crippen molar-refractivity contribution < 1.29 is 12.8 Å². The maximum atomic E-state index is 13.6. The first kappa shape index (κ1) is 17.2. The van der Waals surface area contributed by atoms with Crippen LogP contribution in [-0.4, -0.2) is 17.4 Å². The van der Waals surface area contributed by atoms with Crippen molar-refractivity contribution in [3.8, 4) is 0 Å². The van der Waals surface area contributed by atoms with Crippen LogP contribution in [0.1, 0.15) is 11.4 Å². The molecule has 6 heteroatoms. The minimum atomic E-state index is -3.89. The Balaban J connectivity index is 1.94. The van der Waals surface area contributed by atoms with Gasteiger partial charge in [-0.15, -0.1) is 0 Å². The van der Waals surface area contributed by atoms with Crippen molar-refractivity contribution >= 4 is 33.2 Å². The number of benzene rings is 3. The molecule has 134 valence electrons. The molecule has 0 saturated carbocycles. The van der Waals surface area contributed by atoms with Crippen molar-refractivity contribution in [1.29, 1.82) is 0 Å². The van der Waals surface area contributed by atoms with Crippen molar-refractivity contribution in [2.24, 2.45) is 0 Å². The predicted molar refractivity (Wildman–Crippen MR) is 104 cm³/mol. The molecule has 1 heterocycles. The molecule has 4 aromatic rings. The molecule has 1 aromatic heterocycles. The van der Waals surface area contributed by atoms with E-state index in [0.717, 1.165) is 9.54 Å². The van der Waals surface area contributed by atoms with Crippen LogP contribution in [0, 0.1) is 5.82 Å². The lowest BCUT2D eigenvalue weighted by Crippen LogP contribution is -2.14. The molecule has 0 aliphatic heterocycles. The lowest BCUT2D eigenvalue weighted by molar-refractivity contribution is 0.588. The summed E-state index contributed by atoms with van der Waals surface area (Å²) in [5.74, 6) is -0.258. The second-order valence-electron chi connectivity index (χ2n) is 5.93. The number of halogens is 1. The molecule has 3 aromatic carbocycles. The fourth-order valence-electron chi connectivity index (χ4n) is 2.84. The van der Waals surface area contributed by atoms with E-state index in [1.807, 2.05) is 30.3 Å². The van der Waals surface area contributed by atoms with Crippen LogP contribution in [0.25, 0.3) is 23.2 Å². The predicted octanol–water partition coefficient (Wildman–Crippen LogP) is 4.58. The summed E-state index contributed by atoms with van der Waals surface area (Å²) in [5, 5.41) is 0. The van der Waals surface area contributed by atoms with Crippen molar-refractivity contribution in [3.05, 3.63) is 96.1 Å². The highest BCUT2D eigenvalue weighted by Crippen LogP contribution is 2.25. The van der Waals surface area contributed by atoms with Crippen LogP contribution >= 0.6 is 0 Å². The number of fused-ring (bicyclic) bond motifs is 1. The second kappa shape index (κ2) is 6.81. The summed E-state index contributed by atoms with van der Waals surface area (Å²) in [6.07, 6.45) is 3.39. The Kier molecular flexibility index (Phi) is 4.33. The first-order valence-electron chi connectivity index (χ1n) is 8.27. The van der Waals surface area contributed by atoms with E-state index in [2.05, 4.69) is 4.98 Å². The molecule has 0 saturated heterocycles. The Bertz CT molecular complexity index is 1230. The number of aromatic nitrogens is 2. The molecular weight excluding hydrogens is 363 g/mol. The highest BCUT2D eigenvalue weighted by Gasteiger charge is 2.23. The number of imidazole rings is 1. The van der Waals surface area contributed by atoms with Gasteiger partial charge in [0.1, 0.15) is 11.6 Å². The Labute approximate surface area is 156 Å². The van der Waals surface area contributed by atoms with Gasteiger partial charge in [0.2, 0.25) is 0 Å². The van der Waals surface area contributed by atoms with Crippen LogP contribution in [0.5, 0.6) is 0 Å². The fourth-order valence-corrected chi connectivity index (χ4v) is 4.31. The van der Waals surface area contributed by atoms with Crippen molar-refractivity contribution in [3.63, 3.8) is 0 Å². The van der Waals surface area contributed by atoms with Crippen LogP contribution in [-0.2, 0) is 10.0 Å². The van der Waals surface area contributed by atoms with E-state index in [9.17, 15) is 12.8 Å². The first-order chi connectivity index (χ1) is 13.1. The minimum absolute atomic E-state index is 0.142. The molecule has 0 aliphatic rings. The van der Waals surface area contributed by atoms with E-state index in [-0.39, 0.29) is 16.2 Å². The molecule has 0 amide bonds. The number of hydrogen-bond acceptors (Lipinski definition) is 3. The molecule has 0 N–H and O–H groups in total. The topological polar surface area (TPSA) is 52.0 Å². The Morgan fingerprint density at radius 3 is 2.22 bits per heavy atom. The first-order valence-corrected chi connectivity index (χ1v) is 9.71. The van der Waals surface area contributed by atoms with Gasteiger partial charge in [-0.3, -0.25) is 0 Å². The van der Waals surface area contributed by atoms with Crippen molar-refractivity contribution in [1.82, 2.24) is 8.96 Å². The highest BCUT2D eigenvalue weighted by atomic mass is 32.2. The Morgan fingerprint density at radius 1 is 0.852 bits per heavy atom. The smallest absolute Gasteiger partial charge is 0.228 e. The number of hydrogen-bond donors (Lipinski definition) is 0. The molecule has 0 fully saturated rings. The zero-order valence-electron chi connectivity index (χ0n) is 14.2. The molecule has 0 spiro atoms. The van der Waals surface area contributed by atoms with E-state index in [1.165, 1.54) is 30.3 Å². The van der Waals surface area contributed by atoms with Crippen LogP contribution in [0.15, 0.2) is 83.8 Å². The molecule has 27 heavy (non-hydrogen) atoms. The monoisotopic (exact) mass is 378 g/mol. The number of nitrogens with zero attached hydrogens (tertiary/aromatic N) is 2. The zero-order valence-corrected chi connectivity index (χ0v) is 15.0. The number of rotatable bonds is 4. The standard InChI is InChI=1S/C21H15FN2O2S/c22-17-12-13-20-19(15-17)23-21(14-11-16-7-3-1-4-8-16)24(20)27(25,26)18-9-5-2-6-10-18/h1-15H/b14-11+. The van der Waals surface area contributed by atoms with E-state index >= 15 is 0 Å². The summed E-state index contributed by atoms with van der Waals surface area (Å²) in [7, 11) is -3.89. The van der Waals surface area contributed by atoms with E-state index < -0.39 is 15.8 Å². The van der Waals surface area contributed by atoms with Crippen molar-refractivity contribution in [2.75, 3.05) is 0 Å². The second-order valence-corrected chi connectivity index (χ2v) is 7.72. The van der Waals surface area contributed by atoms with Crippen molar-refractivity contribution in [2.45, 2.75) is 4.90 Å². The van der Waals surface area contributed by atoms with Gasteiger partial charge in [-0.2, -0.15) is 0 Å². The van der Waals surface area contributed by atoms with E-state index in [4.69, 9.17) is 0 Å². The summed E-state index contributed by atoms with van der Waals surface area (Å²) in [6, 6.07) is 21.5. The molecular formula is C21H15FN2O2S. The van der Waals surface area contributed by atoms with Gasteiger partial charge in [-0.1, -0.05) is 54.6 Å². The summed E-state index contributed by atoms with van der Waals surface area (Å²) >= 11 is 0. The minimum Gasteiger partial charge on any atom is -0.228 e. The summed E-state index contributed by atoms with van der Waals surface area (Å²) in [4.78, 5) is 4.48. The molecule has 0 aliphatic carbocycles. The van der Waals surface area contributed by atoms with Gasteiger partial charge in [0.05, 0.1) is 15.9 Å². The normalized spacial score (nSPS) is 12.0. The van der Waals surface area contributed by atoms with Gasteiger partial charge in [0.15, 0.2) is 0 Å². The van der Waals surface area contributed by atoms with Gasteiger partial charge >= 0.3 is 0 Å². The third-order valence-corrected chi connectivity index (χ3v) is 5.84. The summed E-state index contributed by atoms with van der Waals surface area (Å²) in [5.41, 5.74) is 1.51. The van der Waals surface area contributed by atoms with Crippen LogP contribution in [0.4, 0.5) is 4.39 Å². The maximum absolute atomic E-state index is 13.6. The summed E-state index contributed by atoms with van der Waals surface area (Å²) in [6.45, 7) is 0. The van der Waals surface area contributed by atoms with Gasteiger partial charge in [0.25, 0.3) is 10.0 Å². The van der Waals surface area contributed by atoms with Crippen LogP contribution < -0.4 is 0 Å². The fraction of sp³-hybridized carbons (Fsp3) is 0. The Hall–Kier alpha value is -3.25.